The van der Waals surface area contributed by atoms with Gasteiger partial charge in [0.05, 0.1) is 13.1 Å². The topological polar surface area (TPSA) is 85.0 Å². The predicted octanol–water partition coefficient (Wildman–Crippen LogP) is 3.49. The summed E-state index contributed by atoms with van der Waals surface area (Å²) in [5.41, 5.74) is 3.93. The zero-order valence-electron chi connectivity index (χ0n) is 22.5. The molecule has 0 saturated carbocycles. The number of Topliss-reactive ketones (excluding diaryl/α,β-unsaturated/α-hetero) is 1. The van der Waals surface area contributed by atoms with Crippen molar-refractivity contribution in [3.8, 4) is 0 Å². The minimum Gasteiger partial charge on any atom is -0.353 e. The van der Waals surface area contributed by atoms with Crippen LogP contribution in [0.2, 0.25) is 0 Å². The van der Waals surface area contributed by atoms with Crippen molar-refractivity contribution in [1.82, 2.24) is 20.7 Å². The number of carbonyl (C=O) groups is 3. The molecule has 0 saturated heterocycles. The number of rotatable bonds is 11. The van der Waals surface area contributed by atoms with Crippen LogP contribution in [0.5, 0.6) is 0 Å². The van der Waals surface area contributed by atoms with Gasteiger partial charge in [-0.3, -0.25) is 19.4 Å². The van der Waals surface area contributed by atoms with Gasteiger partial charge in [0, 0.05) is 50.5 Å². The van der Waals surface area contributed by atoms with Crippen molar-refractivity contribution < 1.29 is 18.8 Å². The molecule has 210 valence electrons. The number of benzene rings is 2. The lowest BCUT2D eigenvalue weighted by atomic mass is 10.1. The first-order valence-electron chi connectivity index (χ1n) is 12.2. The van der Waals surface area contributed by atoms with Crippen LogP contribution in [0, 0.1) is 12.7 Å². The van der Waals surface area contributed by atoms with Gasteiger partial charge in [0.15, 0.2) is 5.78 Å². The SMILES string of the molecule is CC(=O)c1ccc(N(CC(=O)NCCNC(C)C)CC(=O)N(C)N2Cc3ccc(F)cc3C2)c(C)c1.Cl.Cl. The van der Waals surface area contributed by atoms with Crippen molar-refractivity contribution in [2.75, 3.05) is 38.1 Å². The number of nitrogens with zero attached hydrogens (tertiary/aromatic N) is 3. The molecule has 0 spiro atoms. The Morgan fingerprint density at radius 2 is 1.68 bits per heavy atom. The number of aryl methyl sites for hydroxylation is 1. The lowest BCUT2D eigenvalue weighted by molar-refractivity contribution is -0.145. The third-order valence-electron chi connectivity index (χ3n) is 6.26. The average Bonchev–Trinajstić information content (AvgIpc) is 3.23. The van der Waals surface area contributed by atoms with E-state index in [2.05, 4.69) is 10.6 Å². The molecule has 0 unspecified atom stereocenters. The van der Waals surface area contributed by atoms with Crippen molar-refractivity contribution >= 4 is 48.1 Å². The summed E-state index contributed by atoms with van der Waals surface area (Å²) in [6, 6.07) is 10.3. The number of carbonyl (C=O) groups excluding carboxylic acids is 3. The summed E-state index contributed by atoms with van der Waals surface area (Å²) < 4.78 is 13.6. The van der Waals surface area contributed by atoms with Gasteiger partial charge in [0.25, 0.3) is 5.91 Å². The molecule has 3 rings (SSSR count). The molecule has 0 aliphatic carbocycles. The number of likely N-dealkylation sites (N-methyl/N-ethyl adjacent to an activating group) is 1. The van der Waals surface area contributed by atoms with E-state index < -0.39 is 0 Å². The molecule has 1 aliphatic rings. The van der Waals surface area contributed by atoms with Crippen LogP contribution < -0.4 is 15.5 Å². The lowest BCUT2D eigenvalue weighted by Crippen LogP contribution is -2.48. The van der Waals surface area contributed by atoms with Gasteiger partial charge in [-0.2, -0.15) is 0 Å². The van der Waals surface area contributed by atoms with Gasteiger partial charge < -0.3 is 15.5 Å². The normalized spacial score (nSPS) is 12.3. The van der Waals surface area contributed by atoms with Gasteiger partial charge in [0.2, 0.25) is 5.91 Å². The highest BCUT2D eigenvalue weighted by molar-refractivity contribution is 5.95. The predicted molar refractivity (Wildman–Crippen MR) is 152 cm³/mol. The third kappa shape index (κ3) is 8.94. The number of anilines is 1. The average molecular weight is 571 g/mol. The Bertz CT molecular complexity index is 1130. The molecule has 0 bridgehead atoms. The van der Waals surface area contributed by atoms with E-state index in [1.165, 1.54) is 24.1 Å². The molecule has 2 amide bonds. The van der Waals surface area contributed by atoms with E-state index >= 15 is 0 Å². The van der Waals surface area contributed by atoms with E-state index in [0.717, 1.165) is 16.7 Å². The van der Waals surface area contributed by atoms with E-state index in [-0.39, 0.29) is 61.3 Å². The van der Waals surface area contributed by atoms with Gasteiger partial charge in [-0.1, -0.05) is 19.9 Å². The van der Waals surface area contributed by atoms with Crippen LogP contribution in [-0.4, -0.2) is 66.9 Å². The van der Waals surface area contributed by atoms with E-state index in [1.807, 2.05) is 25.8 Å². The van der Waals surface area contributed by atoms with Crippen molar-refractivity contribution in [2.45, 2.75) is 46.8 Å². The summed E-state index contributed by atoms with van der Waals surface area (Å²) >= 11 is 0. The highest BCUT2D eigenvalue weighted by Crippen LogP contribution is 2.25. The van der Waals surface area contributed by atoms with Gasteiger partial charge in [-0.25, -0.2) is 9.40 Å². The summed E-state index contributed by atoms with van der Waals surface area (Å²) in [6.45, 7) is 9.46. The number of fused-ring (bicyclic) bond motifs is 1. The zero-order valence-corrected chi connectivity index (χ0v) is 24.2. The second kappa shape index (κ2) is 15.0. The summed E-state index contributed by atoms with van der Waals surface area (Å²) in [4.78, 5) is 39.6. The van der Waals surface area contributed by atoms with Crippen molar-refractivity contribution in [3.63, 3.8) is 0 Å². The number of nitrogens with one attached hydrogen (secondary N) is 2. The van der Waals surface area contributed by atoms with Gasteiger partial charge >= 0.3 is 0 Å². The molecular formula is C27H38Cl2FN5O3. The molecule has 0 aromatic heterocycles. The summed E-state index contributed by atoms with van der Waals surface area (Å²) in [5, 5.41) is 9.54. The number of halogens is 3. The molecule has 1 heterocycles. The lowest BCUT2D eigenvalue weighted by Gasteiger charge is -2.32. The molecule has 0 atom stereocenters. The number of hydrogen-bond acceptors (Lipinski definition) is 6. The monoisotopic (exact) mass is 569 g/mol. The van der Waals surface area contributed by atoms with Crippen LogP contribution >= 0.6 is 24.8 Å². The Labute approximate surface area is 236 Å². The minimum absolute atomic E-state index is 0. The Morgan fingerprint density at radius 3 is 2.32 bits per heavy atom. The van der Waals surface area contributed by atoms with E-state index in [0.29, 0.717) is 43.5 Å². The number of amides is 2. The molecule has 2 N–H and O–H groups in total. The fraction of sp³-hybridized carbons (Fsp3) is 0.444. The van der Waals surface area contributed by atoms with Gasteiger partial charge in [-0.15, -0.1) is 24.8 Å². The molecule has 0 radical (unpaired) electrons. The smallest absolute Gasteiger partial charge is 0.256 e. The van der Waals surface area contributed by atoms with Gasteiger partial charge in [-0.05, 0) is 60.9 Å². The van der Waals surface area contributed by atoms with Crippen LogP contribution in [0.4, 0.5) is 10.1 Å². The Kier molecular flexibility index (Phi) is 13.2. The largest absolute Gasteiger partial charge is 0.353 e. The van der Waals surface area contributed by atoms with Crippen molar-refractivity contribution in [3.05, 3.63) is 64.5 Å². The first-order valence-corrected chi connectivity index (χ1v) is 12.2. The quantitative estimate of drug-likeness (QED) is 0.318. The molecule has 11 heteroatoms. The fourth-order valence-corrected chi connectivity index (χ4v) is 4.23. The van der Waals surface area contributed by atoms with Crippen LogP contribution in [0.25, 0.3) is 0 Å². The van der Waals surface area contributed by atoms with Crippen LogP contribution in [-0.2, 0) is 22.7 Å². The molecule has 1 aliphatic heterocycles. The molecule has 2 aromatic carbocycles. The summed E-state index contributed by atoms with van der Waals surface area (Å²) in [5.74, 6) is -0.745. The number of hydrazine groups is 1. The maximum atomic E-state index is 13.6. The fourth-order valence-electron chi connectivity index (χ4n) is 4.23. The molecular weight excluding hydrogens is 532 g/mol. The first-order chi connectivity index (χ1) is 17.0. The second-order valence-corrected chi connectivity index (χ2v) is 9.53. The van der Waals surface area contributed by atoms with E-state index in [4.69, 9.17) is 0 Å². The molecule has 2 aromatic rings. The molecule has 8 nitrogen and oxygen atoms in total. The highest BCUT2D eigenvalue weighted by atomic mass is 35.5. The van der Waals surface area contributed by atoms with Crippen LogP contribution in [0.1, 0.15) is 47.8 Å². The van der Waals surface area contributed by atoms with Crippen molar-refractivity contribution in [2.24, 2.45) is 0 Å². The van der Waals surface area contributed by atoms with E-state index in [1.54, 1.807) is 36.2 Å². The molecule has 38 heavy (non-hydrogen) atoms. The zero-order chi connectivity index (χ0) is 26.4. The molecule has 0 fully saturated rings. The Balaban J connectivity index is 0.00000361. The highest BCUT2D eigenvalue weighted by Gasteiger charge is 2.27. The van der Waals surface area contributed by atoms with Crippen molar-refractivity contribution in [1.29, 1.82) is 0 Å². The van der Waals surface area contributed by atoms with Crippen LogP contribution in [0.15, 0.2) is 36.4 Å². The number of hydrogen-bond donors (Lipinski definition) is 2. The summed E-state index contributed by atoms with van der Waals surface area (Å²) in [7, 11) is 1.69. The minimum atomic E-state index is -0.296. The maximum Gasteiger partial charge on any atom is 0.256 e. The maximum absolute atomic E-state index is 13.6. The second-order valence-electron chi connectivity index (χ2n) is 9.53. The standard InChI is InChI=1S/C27H36FN5O3.2ClH/c1-18(2)29-10-11-30-26(35)16-32(25-9-7-21(20(4)34)12-19(25)3)17-27(36)31(5)33-14-22-6-8-24(28)13-23(22)15-33;;/h6-9,12-13,18,29H,10-11,14-17H2,1-5H3,(H,30,35);2*1H. The third-order valence-corrected chi connectivity index (χ3v) is 6.26. The van der Waals surface area contributed by atoms with Crippen LogP contribution in [0.3, 0.4) is 0 Å². The first kappa shape index (κ1) is 33.3. The van der Waals surface area contributed by atoms with E-state index in [9.17, 15) is 18.8 Å². The Hall–Kier alpha value is -2.72. The summed E-state index contributed by atoms with van der Waals surface area (Å²) in [6.07, 6.45) is 0. The Morgan fingerprint density at radius 1 is 1.00 bits per heavy atom. The van der Waals surface area contributed by atoms with Gasteiger partial charge in [0.1, 0.15) is 5.82 Å². The number of ketones is 1.